The van der Waals surface area contributed by atoms with Crippen molar-refractivity contribution in [2.75, 3.05) is 4.90 Å². The molecule has 0 radical (unpaired) electrons. The number of hydrogen-bond donors (Lipinski definition) is 0. The van der Waals surface area contributed by atoms with E-state index in [-0.39, 0.29) is 5.41 Å². The van der Waals surface area contributed by atoms with Gasteiger partial charge in [0.25, 0.3) is 0 Å². The topological polar surface area (TPSA) is 16.4 Å². The molecule has 0 N–H and O–H groups in total. The van der Waals surface area contributed by atoms with E-state index in [2.05, 4.69) is 248 Å². The quantitative estimate of drug-likeness (QED) is 0.165. The predicted octanol–water partition coefficient (Wildman–Crippen LogP) is 18.8. The zero-order chi connectivity index (χ0) is 48.7. The lowest BCUT2D eigenvalue weighted by Crippen LogP contribution is -2.46. The van der Waals surface area contributed by atoms with E-state index in [9.17, 15) is 0 Å². The third-order valence-corrected chi connectivity index (χ3v) is 18.9. The summed E-state index contributed by atoms with van der Waals surface area (Å²) in [7, 11) is 0. The Morgan fingerprint density at radius 3 is 1.74 bits per heavy atom. The highest BCUT2D eigenvalue weighted by atomic mass is 16.3. The maximum Gasteiger partial charge on any atom is 0.136 e. The molecule has 354 valence electrons. The van der Waals surface area contributed by atoms with Gasteiger partial charge in [-0.2, -0.15) is 0 Å². The van der Waals surface area contributed by atoms with Crippen LogP contribution >= 0.6 is 0 Å². The van der Waals surface area contributed by atoms with Crippen LogP contribution in [0.15, 0.2) is 241 Å². The standard InChI is InChI=1S/C72H55NO/c1-45-39-50-41-49-42-51(40-45)71(50)65-38-37-54(44-66(65)72(64-30-13-9-25-60(64)70(49)71)62-28-11-7-23-57(62)58-24-8-12-29-63(58)72)73(53-20-15-19-48(43-53)46-17-3-2-4-18-46)52-35-33-47(34-36-52)55-21-5-6-22-56(55)59-27-16-32-68-69(59)61-26-10-14-31-67(61)74-68/h2-38,43-45,49-51,70H,39-42H2,1H3/t45-,49+,50-,51-,70?,71?/m0/s1. The molecular weight excluding hydrogens is 895 g/mol. The number of fused-ring (bicyclic) bond motifs is 12. The van der Waals surface area contributed by atoms with Crippen molar-refractivity contribution in [1.29, 1.82) is 0 Å². The third-order valence-electron chi connectivity index (χ3n) is 18.9. The minimum absolute atomic E-state index is 0.0806. The van der Waals surface area contributed by atoms with Crippen molar-refractivity contribution in [3.05, 3.63) is 270 Å². The normalized spacial score (nSPS) is 22.2. The molecule has 11 aromatic rings. The molecule has 3 fully saturated rings. The molecule has 1 heterocycles. The van der Waals surface area contributed by atoms with Crippen LogP contribution in [0.4, 0.5) is 17.1 Å². The second-order valence-corrected chi connectivity index (χ2v) is 22.4. The SMILES string of the molecule is C[C@H]1C[C@H]2C[C@@H]3C[C@H](C1)C21c2ccc(N(c4ccc(-c5ccccc5-c5cccc6oc7ccccc7c56)cc4)c4cccc(-c5ccccc5)c4)cc2C2(c4ccccc4-c4ccccc42)c2ccccc2C31. The van der Waals surface area contributed by atoms with Crippen molar-refractivity contribution in [3.63, 3.8) is 0 Å². The number of nitrogens with zero attached hydrogens (tertiary/aromatic N) is 1. The fourth-order valence-corrected chi connectivity index (χ4v) is 16.6. The Labute approximate surface area is 433 Å². The minimum Gasteiger partial charge on any atom is -0.456 e. The predicted molar refractivity (Wildman–Crippen MR) is 305 cm³/mol. The molecule has 5 aliphatic rings. The fourth-order valence-electron chi connectivity index (χ4n) is 16.6. The van der Waals surface area contributed by atoms with Crippen molar-refractivity contribution in [2.45, 2.75) is 49.4 Å². The molecule has 0 saturated heterocycles. The first-order valence-corrected chi connectivity index (χ1v) is 27.1. The van der Waals surface area contributed by atoms with Gasteiger partial charge in [0.2, 0.25) is 0 Å². The second-order valence-electron chi connectivity index (χ2n) is 22.4. The first-order chi connectivity index (χ1) is 36.6. The second kappa shape index (κ2) is 15.9. The van der Waals surface area contributed by atoms with Gasteiger partial charge in [-0.25, -0.2) is 0 Å². The summed E-state index contributed by atoms with van der Waals surface area (Å²) >= 11 is 0. The van der Waals surface area contributed by atoms with E-state index >= 15 is 0 Å². The maximum atomic E-state index is 6.40. The highest BCUT2D eigenvalue weighted by molar-refractivity contribution is 6.13. The molecule has 1 aromatic heterocycles. The summed E-state index contributed by atoms with van der Waals surface area (Å²) < 4.78 is 6.40. The zero-order valence-corrected chi connectivity index (χ0v) is 41.6. The van der Waals surface area contributed by atoms with Gasteiger partial charge in [-0.3, -0.25) is 0 Å². The van der Waals surface area contributed by atoms with Crippen LogP contribution in [-0.2, 0) is 10.8 Å². The molecule has 5 aliphatic carbocycles. The number of para-hydroxylation sites is 1. The summed E-state index contributed by atoms with van der Waals surface area (Å²) in [4.78, 5) is 2.54. The van der Waals surface area contributed by atoms with Crippen LogP contribution in [0.2, 0.25) is 0 Å². The molecule has 16 rings (SSSR count). The molecule has 0 amide bonds. The zero-order valence-electron chi connectivity index (χ0n) is 41.6. The van der Waals surface area contributed by atoms with E-state index in [1.54, 1.807) is 11.1 Å². The number of hydrogen-bond acceptors (Lipinski definition) is 2. The van der Waals surface area contributed by atoms with Crippen LogP contribution in [0.5, 0.6) is 0 Å². The van der Waals surface area contributed by atoms with Gasteiger partial charge in [-0.05, 0) is 182 Å². The molecule has 2 spiro atoms. The molecule has 2 bridgehead atoms. The van der Waals surface area contributed by atoms with E-state index in [1.807, 2.05) is 0 Å². The summed E-state index contributed by atoms with van der Waals surface area (Å²) in [5.41, 5.74) is 23.7. The van der Waals surface area contributed by atoms with Crippen LogP contribution < -0.4 is 4.90 Å². The monoisotopic (exact) mass is 949 g/mol. The number of anilines is 3. The molecule has 3 saturated carbocycles. The average Bonchev–Trinajstić information content (AvgIpc) is 4.19. The van der Waals surface area contributed by atoms with E-state index in [0.29, 0.717) is 23.7 Å². The van der Waals surface area contributed by atoms with Crippen LogP contribution in [0, 0.1) is 23.7 Å². The third kappa shape index (κ3) is 5.72. The number of furan rings is 1. The molecule has 1 unspecified atom stereocenters. The van der Waals surface area contributed by atoms with Crippen molar-refractivity contribution in [1.82, 2.24) is 0 Å². The molecule has 0 aliphatic heterocycles. The van der Waals surface area contributed by atoms with Gasteiger partial charge in [0.15, 0.2) is 0 Å². The largest absolute Gasteiger partial charge is 0.456 e. The Balaban J connectivity index is 0.936. The van der Waals surface area contributed by atoms with Crippen LogP contribution in [0.3, 0.4) is 0 Å². The van der Waals surface area contributed by atoms with Crippen molar-refractivity contribution in [2.24, 2.45) is 23.7 Å². The van der Waals surface area contributed by atoms with Crippen molar-refractivity contribution < 1.29 is 4.42 Å². The summed E-state index contributed by atoms with van der Waals surface area (Å²) in [6.07, 6.45) is 5.30. The first kappa shape index (κ1) is 42.3. The Morgan fingerprint density at radius 1 is 0.392 bits per heavy atom. The minimum atomic E-state index is -0.497. The smallest absolute Gasteiger partial charge is 0.136 e. The molecule has 2 heteroatoms. The lowest BCUT2D eigenvalue weighted by molar-refractivity contribution is 0.0823. The Hall–Kier alpha value is -8.20. The van der Waals surface area contributed by atoms with Crippen molar-refractivity contribution >= 4 is 39.0 Å². The molecular formula is C72H55NO. The van der Waals surface area contributed by atoms with Gasteiger partial charge < -0.3 is 9.32 Å². The molecule has 2 nitrogen and oxygen atoms in total. The number of benzene rings is 10. The number of rotatable bonds is 6. The first-order valence-electron chi connectivity index (χ1n) is 27.1. The summed E-state index contributed by atoms with van der Waals surface area (Å²) in [6, 6.07) is 89.6. The van der Waals surface area contributed by atoms with Crippen LogP contribution in [0.1, 0.15) is 71.9 Å². The van der Waals surface area contributed by atoms with Gasteiger partial charge in [0.1, 0.15) is 11.2 Å². The van der Waals surface area contributed by atoms with Crippen LogP contribution in [0.25, 0.3) is 66.4 Å². The van der Waals surface area contributed by atoms with E-state index in [4.69, 9.17) is 4.42 Å². The Morgan fingerprint density at radius 2 is 0.973 bits per heavy atom. The van der Waals surface area contributed by atoms with Gasteiger partial charge in [-0.1, -0.05) is 195 Å². The Kier molecular flexibility index (Phi) is 9.09. The molecule has 10 aromatic carbocycles. The highest BCUT2D eigenvalue weighted by Crippen LogP contribution is 2.77. The van der Waals surface area contributed by atoms with E-state index < -0.39 is 5.41 Å². The maximum absolute atomic E-state index is 6.40. The fraction of sp³-hybridized carbons (Fsp3) is 0.167. The summed E-state index contributed by atoms with van der Waals surface area (Å²) in [5.74, 6) is 3.26. The van der Waals surface area contributed by atoms with Gasteiger partial charge in [0, 0.05) is 33.2 Å². The van der Waals surface area contributed by atoms with Gasteiger partial charge in [0.05, 0.1) is 5.41 Å². The van der Waals surface area contributed by atoms with E-state index in [1.165, 1.54) is 98.1 Å². The van der Waals surface area contributed by atoms with Crippen molar-refractivity contribution in [3.8, 4) is 44.5 Å². The molecule has 74 heavy (non-hydrogen) atoms. The Bertz CT molecular complexity index is 3990. The van der Waals surface area contributed by atoms with Gasteiger partial charge >= 0.3 is 0 Å². The lowest BCUT2D eigenvalue weighted by Gasteiger charge is -2.51. The van der Waals surface area contributed by atoms with Crippen LogP contribution in [-0.4, -0.2) is 0 Å². The van der Waals surface area contributed by atoms with Gasteiger partial charge in [-0.15, -0.1) is 0 Å². The molecule has 3 atom stereocenters. The van der Waals surface area contributed by atoms with E-state index in [0.717, 1.165) is 39.2 Å². The highest BCUT2D eigenvalue weighted by Gasteiger charge is 2.70. The summed E-state index contributed by atoms with van der Waals surface area (Å²) in [6.45, 7) is 2.54. The summed E-state index contributed by atoms with van der Waals surface area (Å²) in [5, 5.41) is 2.29. The average molecular weight is 950 g/mol. The lowest BCUT2D eigenvalue weighted by atomic mass is 9.53.